The minimum atomic E-state index is -0.245. The first kappa shape index (κ1) is 14.9. The minimum absolute atomic E-state index is 0.245. The summed E-state index contributed by atoms with van der Waals surface area (Å²) in [6.07, 6.45) is 0. The summed E-state index contributed by atoms with van der Waals surface area (Å²) in [5.41, 5.74) is 3.97. The number of nitrogens with one attached hydrogen (secondary N) is 1. The number of amides is 1. The number of hydroxylamine groups is 1. The van der Waals surface area contributed by atoms with Gasteiger partial charge in [0.15, 0.2) is 0 Å². The summed E-state index contributed by atoms with van der Waals surface area (Å²) in [7, 11) is 1.41. The van der Waals surface area contributed by atoms with Gasteiger partial charge in [-0.25, -0.2) is 5.48 Å². The Balaban J connectivity index is 2.01. The Hall–Kier alpha value is -1.49. The second-order valence-corrected chi connectivity index (χ2v) is 5.56. The maximum Gasteiger partial charge on any atom is 0.274 e. The molecule has 2 rings (SSSR count). The molecule has 0 fully saturated rings. The van der Waals surface area contributed by atoms with Crippen LogP contribution in [0.25, 0.3) is 0 Å². The molecule has 0 saturated heterocycles. The maximum absolute atomic E-state index is 11.7. The van der Waals surface area contributed by atoms with Crippen LogP contribution in [0.3, 0.4) is 0 Å². The van der Waals surface area contributed by atoms with Gasteiger partial charge in [-0.3, -0.25) is 9.63 Å². The van der Waals surface area contributed by atoms with Crippen molar-refractivity contribution in [1.82, 2.24) is 5.48 Å². The molecule has 0 spiro atoms. The van der Waals surface area contributed by atoms with E-state index >= 15 is 0 Å². The maximum atomic E-state index is 11.7. The highest BCUT2D eigenvalue weighted by Gasteiger charge is 2.05. The van der Waals surface area contributed by atoms with Gasteiger partial charge in [-0.2, -0.15) is 0 Å². The molecule has 0 aliphatic carbocycles. The summed E-state index contributed by atoms with van der Waals surface area (Å²) in [4.78, 5) is 17.4. The predicted octanol–water partition coefficient (Wildman–Crippen LogP) is 3.92. The molecule has 20 heavy (non-hydrogen) atoms. The van der Waals surface area contributed by atoms with E-state index in [-0.39, 0.29) is 5.91 Å². The number of benzene rings is 2. The van der Waals surface area contributed by atoms with E-state index in [9.17, 15) is 4.79 Å². The fraction of sp³-hybridized carbons (Fsp3) is 0.133. The molecule has 0 unspecified atom stereocenters. The highest BCUT2D eigenvalue weighted by atomic mass is 35.5. The molecule has 1 amide bonds. The van der Waals surface area contributed by atoms with Crippen LogP contribution in [0.1, 0.15) is 15.9 Å². The van der Waals surface area contributed by atoms with E-state index in [1.54, 1.807) is 17.8 Å². The molecule has 0 radical (unpaired) electrons. The zero-order valence-electron chi connectivity index (χ0n) is 10.9. The number of carbonyl (C=O) groups is 1. The average Bonchev–Trinajstić information content (AvgIpc) is 2.47. The van der Waals surface area contributed by atoms with Gasteiger partial charge in [0.05, 0.1) is 7.11 Å². The fourth-order valence-corrected chi connectivity index (χ4v) is 2.62. The summed E-state index contributed by atoms with van der Waals surface area (Å²) in [5, 5.41) is 0.729. The first-order valence-corrected chi connectivity index (χ1v) is 7.36. The third-order valence-electron chi connectivity index (χ3n) is 2.60. The Morgan fingerprint density at radius 2 is 2.00 bits per heavy atom. The van der Waals surface area contributed by atoms with Gasteiger partial charge in [-0.15, -0.1) is 11.8 Å². The Labute approximate surface area is 127 Å². The van der Waals surface area contributed by atoms with Crippen LogP contribution in [0.2, 0.25) is 5.02 Å². The number of thioether (sulfide) groups is 1. The number of carbonyl (C=O) groups excluding carboxylic acids is 1. The monoisotopic (exact) mass is 307 g/mol. The highest BCUT2D eigenvalue weighted by molar-refractivity contribution is 7.98. The van der Waals surface area contributed by atoms with Crippen LogP contribution in [-0.4, -0.2) is 13.0 Å². The molecule has 0 saturated carbocycles. The lowest BCUT2D eigenvalue weighted by Crippen LogP contribution is -2.21. The molecule has 3 nitrogen and oxygen atoms in total. The lowest BCUT2D eigenvalue weighted by molar-refractivity contribution is 0.0537. The third-order valence-corrected chi connectivity index (χ3v) is 3.94. The smallest absolute Gasteiger partial charge is 0.274 e. The summed E-state index contributed by atoms with van der Waals surface area (Å²) in [6, 6.07) is 15.2. The molecular weight excluding hydrogens is 294 g/mol. The summed E-state index contributed by atoms with van der Waals surface area (Å²) in [6.45, 7) is 0. The number of rotatable bonds is 5. The van der Waals surface area contributed by atoms with Gasteiger partial charge in [0, 0.05) is 21.2 Å². The van der Waals surface area contributed by atoms with Crippen molar-refractivity contribution in [3.05, 3.63) is 64.7 Å². The summed E-state index contributed by atoms with van der Waals surface area (Å²) >= 11 is 7.54. The second-order valence-electron chi connectivity index (χ2n) is 4.08. The number of hydrogen-bond donors (Lipinski definition) is 1. The van der Waals surface area contributed by atoms with Crippen LogP contribution in [0.5, 0.6) is 0 Å². The van der Waals surface area contributed by atoms with E-state index in [0.29, 0.717) is 5.56 Å². The van der Waals surface area contributed by atoms with E-state index in [1.807, 2.05) is 42.5 Å². The SMILES string of the molecule is CONC(=O)c1cccc(CSc2ccc(Cl)cc2)c1. The minimum Gasteiger partial charge on any atom is -0.277 e. The van der Waals surface area contributed by atoms with Crippen molar-refractivity contribution in [1.29, 1.82) is 0 Å². The Kier molecular flexibility index (Phi) is 5.47. The van der Waals surface area contributed by atoms with Gasteiger partial charge >= 0.3 is 0 Å². The average molecular weight is 308 g/mol. The lowest BCUT2D eigenvalue weighted by atomic mass is 10.1. The topological polar surface area (TPSA) is 38.3 Å². The molecule has 2 aromatic carbocycles. The van der Waals surface area contributed by atoms with E-state index < -0.39 is 0 Å². The normalized spacial score (nSPS) is 10.3. The zero-order valence-corrected chi connectivity index (χ0v) is 12.5. The molecule has 0 aliphatic heterocycles. The largest absolute Gasteiger partial charge is 0.277 e. The lowest BCUT2D eigenvalue weighted by Gasteiger charge is -2.05. The fourth-order valence-electron chi connectivity index (χ4n) is 1.65. The molecule has 0 atom stereocenters. The first-order chi connectivity index (χ1) is 9.69. The summed E-state index contributed by atoms with van der Waals surface area (Å²) < 4.78 is 0. The number of hydrogen-bond acceptors (Lipinski definition) is 3. The van der Waals surface area contributed by atoms with Crippen molar-refractivity contribution in [2.75, 3.05) is 7.11 Å². The Morgan fingerprint density at radius 1 is 1.25 bits per heavy atom. The third kappa shape index (κ3) is 4.27. The van der Waals surface area contributed by atoms with Gasteiger partial charge in [-0.1, -0.05) is 23.7 Å². The number of halogens is 1. The van der Waals surface area contributed by atoms with Gasteiger partial charge < -0.3 is 0 Å². The van der Waals surface area contributed by atoms with Gasteiger partial charge in [0.1, 0.15) is 0 Å². The molecule has 2 aromatic rings. The van der Waals surface area contributed by atoms with E-state index in [4.69, 9.17) is 11.6 Å². The molecule has 0 aromatic heterocycles. The highest BCUT2D eigenvalue weighted by Crippen LogP contribution is 2.24. The standard InChI is InChI=1S/C15H14ClNO2S/c1-19-17-15(18)12-4-2-3-11(9-12)10-20-14-7-5-13(16)6-8-14/h2-9H,10H2,1H3,(H,17,18). The van der Waals surface area contributed by atoms with E-state index in [1.165, 1.54) is 7.11 Å². The molecule has 0 aliphatic rings. The van der Waals surface area contributed by atoms with Crippen LogP contribution >= 0.6 is 23.4 Å². The van der Waals surface area contributed by atoms with Crippen LogP contribution in [0, 0.1) is 0 Å². The predicted molar refractivity (Wildman–Crippen MR) is 81.9 cm³/mol. The molecule has 104 valence electrons. The van der Waals surface area contributed by atoms with Gasteiger partial charge in [0.25, 0.3) is 5.91 Å². The van der Waals surface area contributed by atoms with Gasteiger partial charge in [0.2, 0.25) is 0 Å². The van der Waals surface area contributed by atoms with E-state index in [0.717, 1.165) is 21.2 Å². The molecule has 1 N–H and O–H groups in total. The van der Waals surface area contributed by atoms with Crippen molar-refractivity contribution in [2.45, 2.75) is 10.6 Å². The molecule has 5 heteroatoms. The first-order valence-electron chi connectivity index (χ1n) is 5.99. The van der Waals surface area contributed by atoms with Crippen LogP contribution in [0.15, 0.2) is 53.4 Å². The molecule has 0 bridgehead atoms. The van der Waals surface area contributed by atoms with Crippen LogP contribution in [0.4, 0.5) is 0 Å². The zero-order chi connectivity index (χ0) is 14.4. The van der Waals surface area contributed by atoms with Crippen molar-refractivity contribution in [3.63, 3.8) is 0 Å². The van der Waals surface area contributed by atoms with Crippen molar-refractivity contribution in [2.24, 2.45) is 0 Å². The van der Waals surface area contributed by atoms with Crippen LogP contribution < -0.4 is 5.48 Å². The van der Waals surface area contributed by atoms with Crippen molar-refractivity contribution < 1.29 is 9.63 Å². The Morgan fingerprint density at radius 3 is 2.70 bits per heavy atom. The van der Waals surface area contributed by atoms with Crippen molar-refractivity contribution in [3.8, 4) is 0 Å². The summed E-state index contributed by atoms with van der Waals surface area (Å²) in [5.74, 6) is 0.543. The van der Waals surface area contributed by atoms with E-state index in [2.05, 4.69) is 10.3 Å². The quantitative estimate of drug-likeness (QED) is 0.672. The van der Waals surface area contributed by atoms with Crippen LogP contribution in [-0.2, 0) is 10.6 Å². The molecular formula is C15H14ClNO2S. The van der Waals surface area contributed by atoms with Gasteiger partial charge in [-0.05, 0) is 42.0 Å². The second kappa shape index (κ2) is 7.33. The molecule has 0 heterocycles. The Bertz CT molecular complexity index is 587. The van der Waals surface area contributed by atoms with Crippen molar-refractivity contribution >= 4 is 29.3 Å².